The number of benzene rings is 1. The number of rotatable bonds is 5. The maximum Gasteiger partial charge on any atom is 0.237 e. The van der Waals surface area contributed by atoms with E-state index in [-0.39, 0.29) is 11.2 Å². The van der Waals surface area contributed by atoms with Crippen molar-refractivity contribution in [2.45, 2.75) is 36.8 Å². The third-order valence-corrected chi connectivity index (χ3v) is 5.06. The van der Waals surface area contributed by atoms with Gasteiger partial charge in [0.15, 0.2) is 4.34 Å². The second-order valence-electron chi connectivity index (χ2n) is 4.55. The third kappa shape index (κ3) is 4.08. The minimum atomic E-state index is -0.161. The Bertz CT molecular complexity index is 578. The molecule has 106 valence electrons. The number of nitrogens with one attached hydrogen (secondary N) is 1. The van der Waals surface area contributed by atoms with Crippen molar-refractivity contribution in [3.8, 4) is 0 Å². The fourth-order valence-corrected chi connectivity index (χ4v) is 3.64. The SMILES string of the molecule is CCc1ccc(NC(=O)[C@H](C)Sc2nc(C)cs2)cc1. The van der Waals surface area contributed by atoms with Gasteiger partial charge >= 0.3 is 0 Å². The predicted octanol–water partition coefficient (Wildman–Crippen LogP) is 4.13. The van der Waals surface area contributed by atoms with Gasteiger partial charge in [-0.2, -0.15) is 0 Å². The zero-order valence-corrected chi connectivity index (χ0v) is 13.5. The molecule has 20 heavy (non-hydrogen) atoms. The van der Waals surface area contributed by atoms with E-state index in [0.717, 1.165) is 22.1 Å². The highest BCUT2D eigenvalue weighted by molar-refractivity contribution is 8.02. The third-order valence-electron chi connectivity index (χ3n) is 2.87. The van der Waals surface area contributed by atoms with Crippen LogP contribution in [-0.2, 0) is 11.2 Å². The molecule has 1 atom stereocenters. The Hall–Kier alpha value is -1.33. The average molecular weight is 306 g/mol. The highest BCUT2D eigenvalue weighted by Crippen LogP contribution is 2.27. The Kier molecular flexibility index (Phi) is 5.20. The van der Waals surface area contributed by atoms with E-state index in [1.54, 1.807) is 11.3 Å². The molecule has 2 rings (SSSR count). The molecule has 0 unspecified atom stereocenters. The van der Waals surface area contributed by atoms with Gasteiger partial charge in [0.1, 0.15) is 0 Å². The van der Waals surface area contributed by atoms with Crippen LogP contribution in [0.2, 0.25) is 0 Å². The van der Waals surface area contributed by atoms with Crippen LogP contribution in [0, 0.1) is 6.92 Å². The minimum absolute atomic E-state index is 0.00658. The fourth-order valence-electron chi connectivity index (χ4n) is 1.66. The van der Waals surface area contributed by atoms with Gasteiger partial charge in [-0.25, -0.2) is 4.98 Å². The molecule has 0 radical (unpaired) electrons. The van der Waals surface area contributed by atoms with Crippen LogP contribution in [-0.4, -0.2) is 16.1 Å². The second kappa shape index (κ2) is 6.90. The van der Waals surface area contributed by atoms with Gasteiger partial charge in [0.05, 0.1) is 5.25 Å². The number of hydrogen-bond acceptors (Lipinski definition) is 4. The van der Waals surface area contributed by atoms with E-state index in [1.165, 1.54) is 17.3 Å². The summed E-state index contributed by atoms with van der Waals surface area (Å²) in [4.78, 5) is 16.5. The van der Waals surface area contributed by atoms with Crippen molar-refractivity contribution in [1.82, 2.24) is 4.98 Å². The average Bonchev–Trinajstić information content (AvgIpc) is 2.85. The Morgan fingerprint density at radius 1 is 1.40 bits per heavy atom. The van der Waals surface area contributed by atoms with Gasteiger partial charge in [-0.3, -0.25) is 4.79 Å². The second-order valence-corrected chi connectivity index (χ2v) is 7.00. The van der Waals surface area contributed by atoms with Gasteiger partial charge in [-0.15, -0.1) is 11.3 Å². The Morgan fingerprint density at radius 2 is 2.10 bits per heavy atom. The van der Waals surface area contributed by atoms with Gasteiger partial charge in [-0.05, 0) is 38.0 Å². The van der Waals surface area contributed by atoms with Crippen LogP contribution in [0.25, 0.3) is 0 Å². The molecule has 0 aliphatic heterocycles. The lowest BCUT2D eigenvalue weighted by Crippen LogP contribution is -2.22. The highest BCUT2D eigenvalue weighted by atomic mass is 32.2. The largest absolute Gasteiger partial charge is 0.325 e. The van der Waals surface area contributed by atoms with Crippen LogP contribution in [0.15, 0.2) is 34.0 Å². The van der Waals surface area contributed by atoms with E-state index in [0.29, 0.717) is 0 Å². The lowest BCUT2D eigenvalue weighted by Gasteiger charge is -2.10. The molecule has 0 aliphatic carbocycles. The lowest BCUT2D eigenvalue weighted by molar-refractivity contribution is -0.115. The number of thiazole rings is 1. The first-order chi connectivity index (χ1) is 9.58. The Labute approximate surface area is 127 Å². The van der Waals surface area contributed by atoms with Gasteiger partial charge in [0, 0.05) is 16.8 Å². The van der Waals surface area contributed by atoms with Gasteiger partial charge in [0.2, 0.25) is 5.91 Å². The van der Waals surface area contributed by atoms with Crippen LogP contribution in [0.1, 0.15) is 25.1 Å². The molecule has 1 heterocycles. The molecular weight excluding hydrogens is 288 g/mol. The zero-order valence-electron chi connectivity index (χ0n) is 11.8. The molecule has 2 aromatic rings. The van der Waals surface area contributed by atoms with Crippen molar-refractivity contribution in [2.75, 3.05) is 5.32 Å². The summed E-state index contributed by atoms with van der Waals surface area (Å²) in [6.07, 6.45) is 1.00. The highest BCUT2D eigenvalue weighted by Gasteiger charge is 2.16. The summed E-state index contributed by atoms with van der Waals surface area (Å²) in [7, 11) is 0. The van der Waals surface area contributed by atoms with Crippen molar-refractivity contribution in [3.05, 3.63) is 40.9 Å². The molecule has 1 aromatic carbocycles. The van der Waals surface area contributed by atoms with Crippen LogP contribution >= 0.6 is 23.1 Å². The number of aryl methyl sites for hydroxylation is 2. The summed E-state index contributed by atoms with van der Waals surface area (Å²) in [6, 6.07) is 7.97. The molecular formula is C15H18N2OS2. The normalized spacial score (nSPS) is 12.2. The van der Waals surface area contributed by atoms with E-state index in [2.05, 4.69) is 17.2 Å². The van der Waals surface area contributed by atoms with Crippen molar-refractivity contribution < 1.29 is 4.79 Å². The van der Waals surface area contributed by atoms with Crippen LogP contribution < -0.4 is 5.32 Å². The van der Waals surface area contributed by atoms with E-state index < -0.39 is 0 Å². The summed E-state index contributed by atoms with van der Waals surface area (Å²) in [6.45, 7) is 5.97. The van der Waals surface area contributed by atoms with E-state index >= 15 is 0 Å². The summed E-state index contributed by atoms with van der Waals surface area (Å²) in [5, 5.41) is 4.77. The van der Waals surface area contributed by atoms with Gasteiger partial charge in [0.25, 0.3) is 0 Å². The standard InChI is InChI=1S/C15H18N2OS2/c1-4-12-5-7-13(8-6-12)17-14(18)11(3)20-15-16-10(2)9-19-15/h5-9,11H,4H2,1-3H3,(H,17,18)/t11-/m0/s1. The van der Waals surface area contributed by atoms with Crippen molar-refractivity contribution >= 4 is 34.7 Å². The quantitative estimate of drug-likeness (QED) is 0.844. The monoisotopic (exact) mass is 306 g/mol. The lowest BCUT2D eigenvalue weighted by atomic mass is 10.1. The van der Waals surface area contributed by atoms with Crippen LogP contribution in [0.5, 0.6) is 0 Å². The van der Waals surface area contributed by atoms with Crippen molar-refractivity contribution in [1.29, 1.82) is 0 Å². The number of amides is 1. The minimum Gasteiger partial charge on any atom is -0.325 e. The Morgan fingerprint density at radius 3 is 2.65 bits per heavy atom. The molecule has 0 saturated carbocycles. The fraction of sp³-hybridized carbons (Fsp3) is 0.333. The molecule has 5 heteroatoms. The predicted molar refractivity (Wildman–Crippen MR) is 86.6 cm³/mol. The molecule has 0 bridgehead atoms. The van der Waals surface area contributed by atoms with Crippen molar-refractivity contribution in [2.24, 2.45) is 0 Å². The maximum atomic E-state index is 12.1. The summed E-state index contributed by atoms with van der Waals surface area (Å²) in [5.74, 6) is 0.00658. The summed E-state index contributed by atoms with van der Waals surface area (Å²) < 4.78 is 0.937. The number of carbonyl (C=O) groups is 1. The molecule has 1 N–H and O–H groups in total. The molecule has 0 fully saturated rings. The first kappa shape index (κ1) is 15.1. The van der Waals surface area contributed by atoms with Crippen LogP contribution in [0.4, 0.5) is 5.69 Å². The van der Waals surface area contributed by atoms with E-state index in [9.17, 15) is 4.79 Å². The molecule has 0 aliphatic rings. The topological polar surface area (TPSA) is 42.0 Å². The Balaban J connectivity index is 1.93. The van der Waals surface area contributed by atoms with Crippen molar-refractivity contribution in [3.63, 3.8) is 0 Å². The number of carbonyl (C=O) groups excluding carboxylic acids is 1. The molecule has 3 nitrogen and oxygen atoms in total. The number of aromatic nitrogens is 1. The first-order valence-electron chi connectivity index (χ1n) is 6.57. The smallest absolute Gasteiger partial charge is 0.237 e. The maximum absolute atomic E-state index is 12.1. The van der Waals surface area contributed by atoms with Gasteiger partial charge in [-0.1, -0.05) is 30.8 Å². The number of nitrogens with zero attached hydrogens (tertiary/aromatic N) is 1. The number of hydrogen-bond donors (Lipinski definition) is 1. The molecule has 1 amide bonds. The summed E-state index contributed by atoms with van der Waals surface area (Å²) in [5.41, 5.74) is 3.11. The van der Waals surface area contributed by atoms with Crippen LogP contribution in [0.3, 0.4) is 0 Å². The molecule has 0 spiro atoms. The zero-order chi connectivity index (χ0) is 14.5. The van der Waals surface area contributed by atoms with E-state index in [4.69, 9.17) is 0 Å². The first-order valence-corrected chi connectivity index (χ1v) is 8.33. The molecule has 0 saturated heterocycles. The number of thioether (sulfide) groups is 1. The number of anilines is 1. The summed E-state index contributed by atoms with van der Waals surface area (Å²) >= 11 is 3.07. The molecule has 1 aromatic heterocycles. The van der Waals surface area contributed by atoms with Gasteiger partial charge < -0.3 is 5.32 Å². The van der Waals surface area contributed by atoms with E-state index in [1.807, 2.05) is 43.5 Å².